The van der Waals surface area contributed by atoms with Crippen LogP contribution in [0.25, 0.3) is 0 Å². The van der Waals surface area contributed by atoms with Crippen LogP contribution in [0.15, 0.2) is 0 Å². The van der Waals surface area contributed by atoms with E-state index in [-0.39, 0.29) is 42.9 Å². The molecule has 0 unspecified atom stereocenters. The summed E-state index contributed by atoms with van der Waals surface area (Å²) in [6.45, 7) is 6.70. The molecule has 0 bridgehead atoms. The quantitative estimate of drug-likeness (QED) is 0.289. The second kappa shape index (κ2) is 10.2. The summed E-state index contributed by atoms with van der Waals surface area (Å²) in [5.41, 5.74) is -0.691. The van der Waals surface area contributed by atoms with Gasteiger partial charge in [0.05, 0.1) is 37.3 Å². The van der Waals surface area contributed by atoms with Gasteiger partial charge in [-0.25, -0.2) is 9.78 Å². The summed E-state index contributed by atoms with van der Waals surface area (Å²) in [5, 5.41) is -0.310. The highest BCUT2D eigenvalue weighted by Crippen LogP contribution is 2.27. The molecule has 2 rings (SSSR count). The minimum Gasteiger partial charge on any atom is -0.453 e. The Hall–Kier alpha value is -1.20. The molecule has 10 heteroatoms. The average Bonchev–Trinajstić information content (AvgIpc) is 2.70. The first-order valence-electron chi connectivity index (χ1n) is 8.52. The van der Waals surface area contributed by atoms with Crippen LogP contribution in [0.5, 0.6) is 0 Å². The van der Waals surface area contributed by atoms with E-state index in [4.69, 9.17) is 40.6 Å². The van der Waals surface area contributed by atoms with Gasteiger partial charge in [-0.1, -0.05) is 13.8 Å². The molecule has 2 aliphatic rings. The van der Waals surface area contributed by atoms with Gasteiger partial charge in [0.25, 0.3) is 0 Å². The van der Waals surface area contributed by atoms with E-state index in [2.05, 4.69) is 9.78 Å². The molecule has 0 aromatic heterocycles. The molecule has 2 saturated heterocycles. The molecule has 0 saturated carbocycles. The fourth-order valence-electron chi connectivity index (χ4n) is 2.55. The van der Waals surface area contributed by atoms with Crippen molar-refractivity contribution in [2.45, 2.75) is 26.7 Å². The second-order valence-electron chi connectivity index (χ2n) is 6.58. The van der Waals surface area contributed by atoms with Crippen molar-refractivity contribution in [2.75, 3.05) is 53.2 Å². The molecule has 150 valence electrons. The average molecular weight is 394 g/mol. The van der Waals surface area contributed by atoms with E-state index < -0.39 is 6.16 Å². The number of ether oxygens (including phenoxy) is 6. The van der Waals surface area contributed by atoms with Crippen molar-refractivity contribution in [1.29, 1.82) is 0 Å². The molecular weight excluding hydrogens is 368 g/mol. The fraction of sp³-hybridized carbons (Fsp3) is 0.875. The first kappa shape index (κ1) is 21.1. The zero-order chi connectivity index (χ0) is 18.9. The van der Waals surface area contributed by atoms with Crippen LogP contribution in [0.1, 0.15) is 26.7 Å². The molecule has 0 aliphatic carbocycles. The zero-order valence-corrected chi connectivity index (χ0v) is 16.0. The van der Waals surface area contributed by atoms with Crippen LogP contribution in [0, 0.1) is 10.8 Å². The van der Waals surface area contributed by atoms with Gasteiger partial charge in [-0.2, -0.15) is 4.79 Å². The van der Waals surface area contributed by atoms with E-state index in [0.29, 0.717) is 26.4 Å². The number of rotatable bonds is 6. The van der Waals surface area contributed by atoms with Gasteiger partial charge in [0.15, 0.2) is 0 Å². The Morgan fingerprint density at radius 2 is 1.31 bits per heavy atom. The summed E-state index contributed by atoms with van der Waals surface area (Å²) in [4.78, 5) is 20.9. The minimum atomic E-state index is -1.01. The summed E-state index contributed by atoms with van der Waals surface area (Å²) in [7, 11) is 0. The SMILES string of the molecule is CCC1(COC(=O)OOC(=S)OCC2(CC)COCOC2)COCOC1. The van der Waals surface area contributed by atoms with Gasteiger partial charge in [0, 0.05) is 12.2 Å². The van der Waals surface area contributed by atoms with E-state index in [0.717, 1.165) is 12.8 Å². The highest BCUT2D eigenvalue weighted by Gasteiger charge is 2.35. The van der Waals surface area contributed by atoms with Crippen LogP contribution in [-0.2, 0) is 38.2 Å². The molecule has 2 fully saturated rings. The maximum absolute atomic E-state index is 11.7. The number of thiocarbonyl (C=S) groups is 1. The highest BCUT2D eigenvalue weighted by atomic mass is 32.1. The predicted molar refractivity (Wildman–Crippen MR) is 91.1 cm³/mol. The Kier molecular flexibility index (Phi) is 8.29. The Bertz CT molecular complexity index is 417. The van der Waals surface area contributed by atoms with Crippen molar-refractivity contribution in [3.05, 3.63) is 0 Å². The number of carbonyl (C=O) groups is 1. The molecule has 0 atom stereocenters. The molecule has 0 aromatic carbocycles. The van der Waals surface area contributed by atoms with Crippen molar-refractivity contribution >= 4 is 23.6 Å². The molecule has 9 nitrogen and oxygen atoms in total. The smallest absolute Gasteiger partial charge is 0.453 e. The standard InChI is InChI=1S/C16H26O9S/c1-3-15(5-18-11-19-6-15)9-22-13(17)24-25-14(26)23-10-16(4-2)7-20-12-21-8-16/h3-12H2,1-2H3. The van der Waals surface area contributed by atoms with Crippen molar-refractivity contribution in [1.82, 2.24) is 0 Å². The molecule has 0 amide bonds. The van der Waals surface area contributed by atoms with Crippen LogP contribution >= 0.6 is 12.2 Å². The molecule has 0 spiro atoms. The second-order valence-corrected chi connectivity index (χ2v) is 6.91. The van der Waals surface area contributed by atoms with E-state index in [9.17, 15) is 4.79 Å². The third-order valence-corrected chi connectivity index (χ3v) is 4.82. The third kappa shape index (κ3) is 6.20. The zero-order valence-electron chi connectivity index (χ0n) is 15.2. The molecule has 2 heterocycles. The molecule has 2 aliphatic heterocycles. The van der Waals surface area contributed by atoms with E-state index in [1.54, 1.807) is 0 Å². The van der Waals surface area contributed by atoms with E-state index in [1.807, 2.05) is 13.8 Å². The Morgan fingerprint density at radius 1 is 0.846 bits per heavy atom. The molecule has 0 N–H and O–H groups in total. The summed E-state index contributed by atoms with van der Waals surface area (Å²) in [5.74, 6) is 0. The van der Waals surface area contributed by atoms with Crippen molar-refractivity contribution in [3.8, 4) is 0 Å². The molecule has 26 heavy (non-hydrogen) atoms. The van der Waals surface area contributed by atoms with E-state index in [1.165, 1.54) is 0 Å². The van der Waals surface area contributed by atoms with Crippen molar-refractivity contribution < 1.29 is 43.0 Å². The summed E-state index contributed by atoms with van der Waals surface area (Å²) in [6.07, 6.45) is 0.497. The highest BCUT2D eigenvalue weighted by molar-refractivity contribution is 7.79. The first-order valence-corrected chi connectivity index (χ1v) is 8.93. The van der Waals surface area contributed by atoms with Gasteiger partial charge < -0.3 is 28.4 Å². The van der Waals surface area contributed by atoms with Crippen molar-refractivity contribution in [3.63, 3.8) is 0 Å². The summed E-state index contributed by atoms with van der Waals surface area (Å²) in [6, 6.07) is 0. The van der Waals surface area contributed by atoms with Crippen LogP contribution < -0.4 is 0 Å². The minimum absolute atomic E-state index is 0.0902. The largest absolute Gasteiger partial charge is 0.549 e. The van der Waals surface area contributed by atoms with Gasteiger partial charge in [0.2, 0.25) is 0 Å². The predicted octanol–water partition coefficient (Wildman–Crippen LogP) is 2.17. The number of hydrogen-bond donors (Lipinski definition) is 0. The van der Waals surface area contributed by atoms with E-state index >= 15 is 0 Å². The lowest BCUT2D eigenvalue weighted by Gasteiger charge is -2.35. The van der Waals surface area contributed by atoms with Crippen LogP contribution in [0.3, 0.4) is 0 Å². The van der Waals surface area contributed by atoms with Crippen LogP contribution in [0.2, 0.25) is 0 Å². The molecular formula is C16H26O9S. The maximum atomic E-state index is 11.7. The molecule has 0 radical (unpaired) electrons. The lowest BCUT2D eigenvalue weighted by molar-refractivity contribution is -0.216. The lowest BCUT2D eigenvalue weighted by atomic mass is 9.87. The third-order valence-electron chi connectivity index (χ3n) is 4.64. The lowest BCUT2D eigenvalue weighted by Crippen LogP contribution is -2.42. The molecule has 0 aromatic rings. The first-order chi connectivity index (χ1) is 12.5. The maximum Gasteiger partial charge on any atom is 0.549 e. The normalized spacial score (nSPS) is 21.5. The summed E-state index contributed by atoms with van der Waals surface area (Å²) < 4.78 is 31.5. The summed E-state index contributed by atoms with van der Waals surface area (Å²) >= 11 is 4.89. The van der Waals surface area contributed by atoms with Crippen molar-refractivity contribution in [2.24, 2.45) is 10.8 Å². The monoisotopic (exact) mass is 394 g/mol. The van der Waals surface area contributed by atoms with Gasteiger partial charge >= 0.3 is 11.4 Å². The fourth-order valence-corrected chi connectivity index (χ4v) is 2.65. The number of hydrogen-bond acceptors (Lipinski definition) is 10. The van der Waals surface area contributed by atoms with Gasteiger partial charge in [-0.05, 0) is 12.8 Å². The van der Waals surface area contributed by atoms with Crippen LogP contribution in [-0.4, -0.2) is 64.6 Å². The Morgan fingerprint density at radius 3 is 1.77 bits per heavy atom. The Labute approximate surface area is 158 Å². The van der Waals surface area contributed by atoms with Gasteiger partial charge in [-0.3, -0.25) is 0 Å². The van der Waals surface area contributed by atoms with Gasteiger partial charge in [-0.15, -0.1) is 0 Å². The van der Waals surface area contributed by atoms with Crippen LogP contribution in [0.4, 0.5) is 4.79 Å². The topological polar surface area (TPSA) is 90.9 Å². The Balaban J connectivity index is 1.65. The number of carbonyl (C=O) groups excluding carboxylic acids is 1. The van der Waals surface area contributed by atoms with Gasteiger partial charge in [0.1, 0.15) is 26.8 Å².